The average Bonchev–Trinajstić information content (AvgIpc) is 3.11. The molecular formula is C18H18N2O3S. The molecule has 0 aliphatic carbocycles. The highest BCUT2D eigenvalue weighted by atomic mass is 32.1. The van der Waals surface area contributed by atoms with Crippen molar-refractivity contribution in [2.75, 3.05) is 6.54 Å². The fourth-order valence-corrected chi connectivity index (χ4v) is 3.34. The molecule has 2 N–H and O–H groups in total. The first-order valence-corrected chi connectivity index (χ1v) is 8.46. The fraction of sp³-hybridized carbons (Fsp3) is 0.222. The molecule has 0 spiro atoms. The highest BCUT2D eigenvalue weighted by molar-refractivity contribution is 7.10. The lowest BCUT2D eigenvalue weighted by Gasteiger charge is -2.22. The fourth-order valence-electron chi connectivity index (χ4n) is 2.55. The lowest BCUT2D eigenvalue weighted by molar-refractivity contribution is -0.122. The maximum absolute atomic E-state index is 12.2. The SMILES string of the molecule is CC(O)(CNC(=O)Cn1ccc(=O)c2ccccc21)c1cccs1. The van der Waals surface area contributed by atoms with Gasteiger partial charge in [-0.25, -0.2) is 0 Å². The average molecular weight is 342 g/mol. The third-order valence-corrected chi connectivity index (χ3v) is 5.00. The minimum Gasteiger partial charge on any atom is -0.383 e. The van der Waals surface area contributed by atoms with Gasteiger partial charge in [0.05, 0.1) is 12.1 Å². The number of benzene rings is 1. The summed E-state index contributed by atoms with van der Waals surface area (Å²) in [6.07, 6.45) is 1.61. The van der Waals surface area contributed by atoms with Crippen LogP contribution >= 0.6 is 11.3 Å². The van der Waals surface area contributed by atoms with Crippen molar-refractivity contribution in [1.82, 2.24) is 9.88 Å². The molecule has 0 bridgehead atoms. The smallest absolute Gasteiger partial charge is 0.240 e. The second-order valence-corrected chi connectivity index (χ2v) is 6.80. The molecule has 1 unspecified atom stereocenters. The van der Waals surface area contributed by atoms with Gasteiger partial charge in [-0.1, -0.05) is 18.2 Å². The highest BCUT2D eigenvalue weighted by Gasteiger charge is 2.24. The van der Waals surface area contributed by atoms with Gasteiger partial charge in [0, 0.05) is 22.5 Å². The molecule has 0 fully saturated rings. The van der Waals surface area contributed by atoms with Crippen molar-refractivity contribution < 1.29 is 9.90 Å². The number of nitrogens with zero attached hydrogens (tertiary/aromatic N) is 1. The Bertz CT molecular complexity index is 913. The molecule has 0 aliphatic rings. The van der Waals surface area contributed by atoms with Gasteiger partial charge in [0.25, 0.3) is 0 Å². The summed E-state index contributed by atoms with van der Waals surface area (Å²) in [4.78, 5) is 24.9. The van der Waals surface area contributed by atoms with E-state index in [1.165, 1.54) is 17.4 Å². The second kappa shape index (κ2) is 6.59. The molecule has 1 atom stereocenters. The zero-order valence-electron chi connectivity index (χ0n) is 13.2. The minimum atomic E-state index is -1.10. The van der Waals surface area contributed by atoms with Gasteiger partial charge in [0.15, 0.2) is 5.43 Å². The molecule has 2 heterocycles. The van der Waals surface area contributed by atoms with Gasteiger partial charge in [0.1, 0.15) is 12.1 Å². The van der Waals surface area contributed by atoms with Gasteiger partial charge in [0.2, 0.25) is 5.91 Å². The molecular weight excluding hydrogens is 324 g/mol. The first-order chi connectivity index (χ1) is 11.5. The van der Waals surface area contributed by atoms with Crippen LogP contribution in [0.15, 0.2) is 58.8 Å². The quantitative estimate of drug-likeness (QED) is 0.746. The molecule has 0 aliphatic heterocycles. The molecule has 0 saturated heterocycles. The Labute approximate surface area is 143 Å². The number of hydrogen-bond acceptors (Lipinski definition) is 4. The third kappa shape index (κ3) is 3.39. The van der Waals surface area contributed by atoms with E-state index in [2.05, 4.69) is 5.32 Å². The first-order valence-electron chi connectivity index (χ1n) is 7.59. The number of aromatic nitrogens is 1. The van der Waals surface area contributed by atoms with Crippen LogP contribution in [0.5, 0.6) is 0 Å². The summed E-state index contributed by atoms with van der Waals surface area (Å²) in [5.41, 5.74) is -0.455. The summed E-state index contributed by atoms with van der Waals surface area (Å²) in [7, 11) is 0. The number of pyridine rings is 1. The molecule has 3 aromatic rings. The summed E-state index contributed by atoms with van der Waals surface area (Å²) in [5, 5.41) is 15.7. The Morgan fingerprint density at radius 2 is 2.04 bits per heavy atom. The standard InChI is InChI=1S/C18H18N2O3S/c1-18(23,16-7-4-10-24-16)12-19-17(22)11-20-9-8-15(21)13-5-2-3-6-14(13)20/h2-10,23H,11-12H2,1H3,(H,19,22). The van der Waals surface area contributed by atoms with E-state index in [0.29, 0.717) is 10.9 Å². The molecule has 3 rings (SSSR count). The van der Waals surface area contributed by atoms with Crippen LogP contribution in [0.3, 0.4) is 0 Å². The number of carbonyl (C=O) groups is 1. The number of carbonyl (C=O) groups excluding carboxylic acids is 1. The molecule has 124 valence electrons. The van der Waals surface area contributed by atoms with E-state index >= 15 is 0 Å². The Hall–Kier alpha value is -2.44. The van der Waals surface area contributed by atoms with Crippen LogP contribution in [-0.2, 0) is 16.9 Å². The van der Waals surface area contributed by atoms with Crippen molar-refractivity contribution in [3.63, 3.8) is 0 Å². The Morgan fingerprint density at radius 1 is 1.25 bits per heavy atom. The van der Waals surface area contributed by atoms with Crippen molar-refractivity contribution in [2.24, 2.45) is 0 Å². The highest BCUT2D eigenvalue weighted by Crippen LogP contribution is 2.24. The van der Waals surface area contributed by atoms with E-state index in [1.54, 1.807) is 29.8 Å². The molecule has 0 saturated carbocycles. The maximum atomic E-state index is 12.2. The molecule has 0 radical (unpaired) electrons. The van der Waals surface area contributed by atoms with Crippen LogP contribution in [0.2, 0.25) is 0 Å². The third-order valence-electron chi connectivity index (χ3n) is 3.88. The number of aliphatic hydroxyl groups is 1. The van der Waals surface area contributed by atoms with Gasteiger partial charge < -0.3 is 15.0 Å². The zero-order chi connectivity index (χ0) is 17.2. The monoisotopic (exact) mass is 342 g/mol. The van der Waals surface area contributed by atoms with Gasteiger partial charge in [-0.05, 0) is 30.5 Å². The zero-order valence-corrected chi connectivity index (χ0v) is 14.0. The van der Waals surface area contributed by atoms with Crippen LogP contribution in [-0.4, -0.2) is 22.1 Å². The van der Waals surface area contributed by atoms with Gasteiger partial charge in [-0.15, -0.1) is 11.3 Å². The summed E-state index contributed by atoms with van der Waals surface area (Å²) in [5.74, 6) is -0.222. The van der Waals surface area contributed by atoms with Crippen LogP contribution < -0.4 is 10.7 Å². The van der Waals surface area contributed by atoms with E-state index in [1.807, 2.05) is 29.6 Å². The van der Waals surface area contributed by atoms with Crippen LogP contribution in [0.25, 0.3) is 10.9 Å². The van der Waals surface area contributed by atoms with E-state index in [0.717, 1.165) is 4.88 Å². The van der Waals surface area contributed by atoms with Gasteiger partial charge in [-0.3, -0.25) is 9.59 Å². The minimum absolute atomic E-state index is 0.0668. The Kier molecular flexibility index (Phi) is 4.51. The summed E-state index contributed by atoms with van der Waals surface area (Å²) >= 11 is 1.45. The summed E-state index contributed by atoms with van der Waals surface area (Å²) < 4.78 is 1.73. The second-order valence-electron chi connectivity index (χ2n) is 5.85. The van der Waals surface area contributed by atoms with Crippen molar-refractivity contribution in [2.45, 2.75) is 19.1 Å². The molecule has 1 amide bonds. The predicted octanol–water partition coefficient (Wildman–Crippen LogP) is 2.09. The lowest BCUT2D eigenvalue weighted by atomic mass is 10.1. The molecule has 24 heavy (non-hydrogen) atoms. The number of hydrogen-bond donors (Lipinski definition) is 2. The van der Waals surface area contributed by atoms with E-state index in [-0.39, 0.29) is 24.4 Å². The number of nitrogens with one attached hydrogen (secondary N) is 1. The van der Waals surface area contributed by atoms with Crippen molar-refractivity contribution >= 4 is 28.1 Å². The first kappa shape index (κ1) is 16.4. The van der Waals surface area contributed by atoms with Crippen LogP contribution in [0.4, 0.5) is 0 Å². The molecule has 2 aromatic heterocycles. The predicted molar refractivity (Wildman–Crippen MR) is 95.1 cm³/mol. The molecule has 6 heteroatoms. The van der Waals surface area contributed by atoms with E-state index in [4.69, 9.17) is 0 Å². The number of fused-ring (bicyclic) bond motifs is 1. The number of thiophene rings is 1. The van der Waals surface area contributed by atoms with E-state index in [9.17, 15) is 14.7 Å². The van der Waals surface area contributed by atoms with Crippen LogP contribution in [0.1, 0.15) is 11.8 Å². The van der Waals surface area contributed by atoms with Crippen molar-refractivity contribution in [3.05, 3.63) is 69.1 Å². The van der Waals surface area contributed by atoms with Gasteiger partial charge >= 0.3 is 0 Å². The van der Waals surface area contributed by atoms with Crippen molar-refractivity contribution in [1.29, 1.82) is 0 Å². The normalized spacial score (nSPS) is 13.6. The number of amides is 1. The Morgan fingerprint density at radius 3 is 2.79 bits per heavy atom. The topological polar surface area (TPSA) is 71.3 Å². The lowest BCUT2D eigenvalue weighted by Crippen LogP contribution is -2.39. The van der Waals surface area contributed by atoms with Crippen molar-refractivity contribution in [3.8, 4) is 0 Å². The molecule has 1 aromatic carbocycles. The number of rotatable bonds is 5. The molecule has 5 nitrogen and oxygen atoms in total. The summed E-state index contributed by atoms with van der Waals surface area (Å²) in [6, 6.07) is 12.3. The maximum Gasteiger partial charge on any atom is 0.240 e. The van der Waals surface area contributed by atoms with Crippen LogP contribution in [0, 0.1) is 0 Å². The largest absolute Gasteiger partial charge is 0.383 e. The summed E-state index contributed by atoms with van der Waals surface area (Å²) in [6.45, 7) is 1.89. The Balaban J connectivity index is 1.72. The number of para-hydroxylation sites is 1. The van der Waals surface area contributed by atoms with E-state index < -0.39 is 5.60 Å². The van der Waals surface area contributed by atoms with Gasteiger partial charge in [-0.2, -0.15) is 0 Å².